The average molecular weight is 513 g/mol. The number of halogens is 2. The number of aliphatic imine (C=N–C) groups is 1. The molecule has 0 aliphatic carbocycles. The Morgan fingerprint density at radius 1 is 0.966 bits per heavy atom. The first kappa shape index (κ1) is 20.2. The van der Waals surface area contributed by atoms with Gasteiger partial charge >= 0.3 is 0 Å². The predicted molar refractivity (Wildman–Crippen MR) is 128 cm³/mol. The van der Waals surface area contributed by atoms with Crippen molar-refractivity contribution >= 4 is 43.5 Å². The van der Waals surface area contributed by atoms with Crippen LogP contribution in [-0.4, -0.2) is 17.4 Å². The van der Waals surface area contributed by atoms with Crippen LogP contribution < -0.4 is 5.32 Å². The molecule has 0 aromatic heterocycles. The van der Waals surface area contributed by atoms with Crippen molar-refractivity contribution in [2.45, 2.75) is 26.4 Å². The Hall–Kier alpha value is -2.11. The molecule has 1 heterocycles. The Labute approximate surface area is 189 Å². The normalized spacial score (nSPS) is 13.9. The van der Waals surface area contributed by atoms with E-state index in [4.69, 9.17) is 4.99 Å². The first-order valence-corrected chi connectivity index (χ1v) is 11.3. The van der Waals surface area contributed by atoms with Crippen LogP contribution in [0.15, 0.2) is 80.7 Å². The van der Waals surface area contributed by atoms with E-state index in [9.17, 15) is 0 Å². The van der Waals surface area contributed by atoms with Crippen LogP contribution in [0.2, 0.25) is 0 Å². The Bertz CT molecular complexity index is 1010. The van der Waals surface area contributed by atoms with E-state index in [-0.39, 0.29) is 0 Å². The maximum atomic E-state index is 4.98. The average Bonchev–Trinajstić information content (AvgIpc) is 2.73. The number of guanidine groups is 1. The van der Waals surface area contributed by atoms with Crippen LogP contribution >= 0.6 is 31.9 Å². The molecule has 5 heteroatoms. The highest BCUT2D eigenvalue weighted by atomic mass is 79.9. The maximum absolute atomic E-state index is 4.98. The van der Waals surface area contributed by atoms with Gasteiger partial charge in [0.05, 0.1) is 12.2 Å². The third-order valence-corrected chi connectivity index (χ3v) is 6.36. The maximum Gasteiger partial charge on any atom is 0.199 e. The molecule has 3 aromatic carbocycles. The second-order valence-electron chi connectivity index (χ2n) is 7.29. The second-order valence-corrected chi connectivity index (χ2v) is 9.00. The van der Waals surface area contributed by atoms with Gasteiger partial charge in [0.25, 0.3) is 0 Å². The molecule has 0 atom stereocenters. The fraction of sp³-hybridized carbons (Fsp3) is 0.208. The Kier molecular flexibility index (Phi) is 6.36. The predicted octanol–water partition coefficient (Wildman–Crippen LogP) is 6.55. The van der Waals surface area contributed by atoms with Crippen molar-refractivity contribution in [2.75, 3.05) is 11.9 Å². The van der Waals surface area contributed by atoms with E-state index >= 15 is 0 Å². The largest absolute Gasteiger partial charge is 0.338 e. The molecule has 1 aliphatic heterocycles. The lowest BCUT2D eigenvalue weighted by molar-refractivity contribution is 0.391. The van der Waals surface area contributed by atoms with Crippen LogP contribution in [0.25, 0.3) is 0 Å². The van der Waals surface area contributed by atoms with Gasteiger partial charge in [-0.2, -0.15) is 0 Å². The number of hydrogen-bond donors (Lipinski definition) is 1. The number of fused-ring (bicyclic) bond motifs is 1. The van der Waals surface area contributed by atoms with E-state index in [2.05, 4.69) is 110 Å². The summed E-state index contributed by atoms with van der Waals surface area (Å²) < 4.78 is 2.04. The van der Waals surface area contributed by atoms with E-state index in [1.165, 1.54) is 22.3 Å². The number of hydrogen-bond acceptors (Lipinski definition) is 1. The zero-order valence-corrected chi connectivity index (χ0v) is 19.5. The third kappa shape index (κ3) is 4.90. The monoisotopic (exact) mass is 511 g/mol. The number of rotatable bonds is 3. The molecular weight excluding hydrogens is 490 g/mol. The first-order chi connectivity index (χ1) is 14.1. The van der Waals surface area contributed by atoms with Crippen LogP contribution in [-0.2, 0) is 19.5 Å². The topological polar surface area (TPSA) is 27.6 Å². The van der Waals surface area contributed by atoms with Gasteiger partial charge in [0.1, 0.15) is 0 Å². The summed E-state index contributed by atoms with van der Waals surface area (Å²) in [6, 6.07) is 23.3. The molecule has 0 fully saturated rings. The molecule has 148 valence electrons. The van der Waals surface area contributed by atoms with Crippen molar-refractivity contribution in [3.63, 3.8) is 0 Å². The molecule has 0 radical (unpaired) electrons. The molecule has 0 bridgehead atoms. The smallest absolute Gasteiger partial charge is 0.199 e. The van der Waals surface area contributed by atoms with Gasteiger partial charge in [-0.1, -0.05) is 54.6 Å². The molecule has 1 aliphatic rings. The number of benzene rings is 3. The van der Waals surface area contributed by atoms with E-state index in [0.29, 0.717) is 6.54 Å². The lowest BCUT2D eigenvalue weighted by Crippen LogP contribution is -2.40. The zero-order chi connectivity index (χ0) is 20.2. The fourth-order valence-corrected chi connectivity index (χ4v) is 5.19. The third-order valence-electron chi connectivity index (χ3n) is 5.11. The lowest BCUT2D eigenvalue weighted by Gasteiger charge is -2.32. The van der Waals surface area contributed by atoms with Gasteiger partial charge in [0.15, 0.2) is 5.96 Å². The number of aryl methyl sites for hydroxylation is 1. The molecule has 4 rings (SSSR count). The second kappa shape index (κ2) is 9.14. The van der Waals surface area contributed by atoms with Gasteiger partial charge in [-0.15, -0.1) is 0 Å². The summed E-state index contributed by atoms with van der Waals surface area (Å²) in [5.41, 5.74) is 6.20. The van der Waals surface area contributed by atoms with Crippen molar-refractivity contribution in [1.82, 2.24) is 4.90 Å². The van der Waals surface area contributed by atoms with Crippen LogP contribution in [0.4, 0.5) is 5.69 Å². The van der Waals surface area contributed by atoms with Crippen LogP contribution in [0, 0.1) is 6.92 Å². The first-order valence-electron chi connectivity index (χ1n) is 9.73. The summed E-state index contributed by atoms with van der Waals surface area (Å²) in [6.07, 6.45) is 1.03. The molecule has 29 heavy (non-hydrogen) atoms. The Balaban J connectivity index is 1.65. The van der Waals surface area contributed by atoms with E-state index in [1.54, 1.807) is 0 Å². The van der Waals surface area contributed by atoms with Crippen LogP contribution in [0.3, 0.4) is 0 Å². The lowest BCUT2D eigenvalue weighted by atomic mass is 10.0. The van der Waals surface area contributed by atoms with Gasteiger partial charge in [0, 0.05) is 22.0 Å². The molecule has 0 unspecified atom stereocenters. The van der Waals surface area contributed by atoms with E-state index < -0.39 is 0 Å². The van der Waals surface area contributed by atoms with Crippen molar-refractivity contribution in [1.29, 1.82) is 0 Å². The van der Waals surface area contributed by atoms with Crippen molar-refractivity contribution in [3.05, 3.63) is 97.9 Å². The molecular formula is C24H23Br2N3. The Morgan fingerprint density at radius 3 is 2.34 bits per heavy atom. The van der Waals surface area contributed by atoms with Gasteiger partial charge in [-0.3, -0.25) is 0 Å². The molecule has 3 nitrogen and oxygen atoms in total. The van der Waals surface area contributed by atoms with Gasteiger partial charge in [-0.25, -0.2) is 4.99 Å². The standard InChI is InChI=1S/C24H23Br2N3/c1-17-13-21(25)23(22(26)14-17)28-24(27-15-18-7-3-2-4-8-18)29-12-11-19-9-5-6-10-20(19)16-29/h2-10,13-14H,11-12,15-16H2,1H3,(H,27,28). The number of nitrogens with one attached hydrogen (secondary N) is 1. The van der Waals surface area contributed by atoms with Crippen molar-refractivity contribution < 1.29 is 0 Å². The summed E-state index contributed by atoms with van der Waals surface area (Å²) in [7, 11) is 0. The summed E-state index contributed by atoms with van der Waals surface area (Å²) in [5.74, 6) is 0.897. The van der Waals surface area contributed by atoms with Crippen LogP contribution in [0.5, 0.6) is 0 Å². The van der Waals surface area contributed by atoms with Crippen LogP contribution in [0.1, 0.15) is 22.3 Å². The minimum Gasteiger partial charge on any atom is -0.338 e. The summed E-state index contributed by atoms with van der Waals surface area (Å²) in [4.78, 5) is 7.32. The minimum atomic E-state index is 0.641. The van der Waals surface area contributed by atoms with Gasteiger partial charge < -0.3 is 10.2 Å². The molecule has 3 aromatic rings. The van der Waals surface area contributed by atoms with Crippen molar-refractivity contribution in [3.8, 4) is 0 Å². The number of anilines is 1. The van der Waals surface area contributed by atoms with Gasteiger partial charge in [-0.05, 0) is 79.6 Å². The summed E-state index contributed by atoms with van der Waals surface area (Å²) >= 11 is 7.41. The zero-order valence-electron chi connectivity index (χ0n) is 16.3. The minimum absolute atomic E-state index is 0.641. The molecule has 0 spiro atoms. The molecule has 0 amide bonds. The SMILES string of the molecule is Cc1cc(Br)c(NC(=NCc2ccccc2)N2CCc3ccccc3C2)c(Br)c1. The molecule has 1 N–H and O–H groups in total. The van der Waals surface area contributed by atoms with E-state index in [1.807, 2.05) is 6.07 Å². The highest BCUT2D eigenvalue weighted by molar-refractivity contribution is 9.11. The number of nitrogens with zero attached hydrogens (tertiary/aromatic N) is 2. The van der Waals surface area contributed by atoms with Gasteiger partial charge in [0.2, 0.25) is 0 Å². The highest BCUT2D eigenvalue weighted by Crippen LogP contribution is 2.33. The summed E-state index contributed by atoms with van der Waals surface area (Å²) in [6.45, 7) is 4.53. The Morgan fingerprint density at radius 2 is 1.62 bits per heavy atom. The summed E-state index contributed by atoms with van der Waals surface area (Å²) in [5, 5.41) is 3.60. The fourth-order valence-electron chi connectivity index (χ4n) is 3.58. The highest BCUT2D eigenvalue weighted by Gasteiger charge is 2.20. The van der Waals surface area contributed by atoms with Crippen molar-refractivity contribution in [2.24, 2.45) is 4.99 Å². The molecule has 0 saturated carbocycles. The van der Waals surface area contributed by atoms with E-state index in [0.717, 1.165) is 40.1 Å². The quantitative estimate of drug-likeness (QED) is 0.318. The molecule has 0 saturated heterocycles.